The highest BCUT2D eigenvalue weighted by molar-refractivity contribution is 6.31. The molecule has 0 radical (unpaired) electrons. The first-order chi connectivity index (χ1) is 10.3. The van der Waals surface area contributed by atoms with Gasteiger partial charge < -0.3 is 10.4 Å². The van der Waals surface area contributed by atoms with Gasteiger partial charge in [-0.05, 0) is 26.0 Å². The van der Waals surface area contributed by atoms with Gasteiger partial charge in [0, 0.05) is 23.3 Å². The molecular formula is C16H20ClN3O2. The van der Waals surface area contributed by atoms with Crippen molar-refractivity contribution in [2.75, 3.05) is 6.54 Å². The minimum atomic E-state index is -1.23. The molecule has 0 saturated heterocycles. The summed E-state index contributed by atoms with van der Waals surface area (Å²) in [5, 5.41) is 17.9. The molecule has 2 aromatic rings. The Morgan fingerprint density at radius 1 is 1.45 bits per heavy atom. The number of carbonyl (C=O) groups is 1. The molecule has 0 spiro atoms. The fraction of sp³-hybridized carbons (Fsp3) is 0.375. The third kappa shape index (κ3) is 3.87. The number of halogens is 1. The topological polar surface area (TPSA) is 67.2 Å². The summed E-state index contributed by atoms with van der Waals surface area (Å²) in [4.78, 5) is 12.0. The van der Waals surface area contributed by atoms with Crippen LogP contribution in [0.2, 0.25) is 5.02 Å². The molecule has 6 heteroatoms. The van der Waals surface area contributed by atoms with Crippen molar-refractivity contribution in [1.82, 2.24) is 15.1 Å². The number of aryl methyl sites for hydroxylation is 2. The molecule has 0 fully saturated rings. The predicted molar refractivity (Wildman–Crippen MR) is 85.7 cm³/mol. The predicted octanol–water partition coefficient (Wildman–Crippen LogP) is 1.95. The van der Waals surface area contributed by atoms with Crippen molar-refractivity contribution in [3.05, 3.63) is 52.3 Å². The highest BCUT2D eigenvalue weighted by Crippen LogP contribution is 2.27. The highest BCUT2D eigenvalue weighted by atomic mass is 35.5. The van der Waals surface area contributed by atoms with E-state index in [2.05, 4.69) is 10.4 Å². The number of aliphatic hydroxyl groups is 1. The molecule has 1 amide bonds. The van der Waals surface area contributed by atoms with E-state index < -0.39 is 5.60 Å². The van der Waals surface area contributed by atoms with Gasteiger partial charge in [-0.3, -0.25) is 9.48 Å². The lowest BCUT2D eigenvalue weighted by Gasteiger charge is -2.25. The van der Waals surface area contributed by atoms with Gasteiger partial charge in [-0.15, -0.1) is 0 Å². The summed E-state index contributed by atoms with van der Waals surface area (Å²) < 4.78 is 1.68. The molecule has 22 heavy (non-hydrogen) atoms. The quantitative estimate of drug-likeness (QED) is 0.884. The summed E-state index contributed by atoms with van der Waals surface area (Å²) in [7, 11) is 1.80. The van der Waals surface area contributed by atoms with Gasteiger partial charge >= 0.3 is 0 Å². The molecule has 0 aliphatic carbocycles. The zero-order valence-electron chi connectivity index (χ0n) is 12.9. The summed E-state index contributed by atoms with van der Waals surface area (Å²) in [6, 6.07) is 8.93. The van der Waals surface area contributed by atoms with Crippen LogP contribution in [0.1, 0.15) is 23.9 Å². The number of hydrogen-bond donors (Lipinski definition) is 2. The second kappa shape index (κ2) is 6.50. The van der Waals surface area contributed by atoms with Crippen LogP contribution in [0.4, 0.5) is 0 Å². The van der Waals surface area contributed by atoms with Crippen LogP contribution in [0.5, 0.6) is 0 Å². The van der Waals surface area contributed by atoms with Crippen LogP contribution in [0, 0.1) is 6.92 Å². The molecule has 1 aromatic heterocycles. The van der Waals surface area contributed by atoms with Crippen molar-refractivity contribution >= 4 is 17.5 Å². The standard InChI is InChI=1S/C16H20ClN3O2/c1-11-8-12(20(3)19-11)9-15(21)18-10-16(2,22)13-6-4-5-7-14(13)17/h4-8,22H,9-10H2,1-3H3,(H,18,21). The van der Waals surface area contributed by atoms with Crippen LogP contribution in [-0.4, -0.2) is 27.3 Å². The molecule has 0 aliphatic heterocycles. The Balaban J connectivity index is 1.98. The van der Waals surface area contributed by atoms with Crippen LogP contribution in [0.3, 0.4) is 0 Å². The summed E-state index contributed by atoms with van der Waals surface area (Å²) in [6.45, 7) is 3.60. The normalized spacial score (nSPS) is 13.7. The maximum absolute atomic E-state index is 12.0. The number of amides is 1. The van der Waals surface area contributed by atoms with Gasteiger partial charge in [0.25, 0.3) is 0 Å². The van der Waals surface area contributed by atoms with Gasteiger partial charge in [0.2, 0.25) is 5.91 Å². The van der Waals surface area contributed by atoms with Crippen LogP contribution < -0.4 is 5.32 Å². The first-order valence-electron chi connectivity index (χ1n) is 7.03. The molecule has 118 valence electrons. The van der Waals surface area contributed by atoms with Crippen molar-refractivity contribution in [3.63, 3.8) is 0 Å². The molecular weight excluding hydrogens is 302 g/mol. The summed E-state index contributed by atoms with van der Waals surface area (Å²) in [6.07, 6.45) is 0.218. The molecule has 1 aromatic carbocycles. The molecule has 0 bridgehead atoms. The molecule has 1 heterocycles. The molecule has 2 N–H and O–H groups in total. The van der Waals surface area contributed by atoms with E-state index in [1.807, 2.05) is 13.0 Å². The fourth-order valence-corrected chi connectivity index (χ4v) is 2.66. The Bertz CT molecular complexity index is 680. The maximum atomic E-state index is 12.0. The fourth-order valence-electron chi connectivity index (χ4n) is 2.32. The van der Waals surface area contributed by atoms with Crippen molar-refractivity contribution in [3.8, 4) is 0 Å². The number of hydrogen-bond acceptors (Lipinski definition) is 3. The monoisotopic (exact) mass is 321 g/mol. The van der Waals surface area contributed by atoms with Crippen molar-refractivity contribution in [1.29, 1.82) is 0 Å². The molecule has 0 saturated carbocycles. The Morgan fingerprint density at radius 2 is 2.14 bits per heavy atom. The van der Waals surface area contributed by atoms with Gasteiger partial charge in [-0.2, -0.15) is 5.10 Å². The number of aromatic nitrogens is 2. The Hall–Kier alpha value is -1.85. The zero-order valence-corrected chi connectivity index (χ0v) is 13.7. The summed E-state index contributed by atoms with van der Waals surface area (Å²) in [5.41, 5.74) is 1.06. The van der Waals surface area contributed by atoms with E-state index in [1.54, 1.807) is 42.9 Å². The first kappa shape index (κ1) is 16.5. The van der Waals surface area contributed by atoms with Crippen LogP contribution in [-0.2, 0) is 23.9 Å². The van der Waals surface area contributed by atoms with Crippen LogP contribution in [0.25, 0.3) is 0 Å². The van der Waals surface area contributed by atoms with Gasteiger partial charge in [0.05, 0.1) is 18.7 Å². The average Bonchev–Trinajstić information content (AvgIpc) is 2.75. The third-order valence-corrected chi connectivity index (χ3v) is 3.85. The van der Waals surface area contributed by atoms with Gasteiger partial charge in [-0.25, -0.2) is 0 Å². The van der Waals surface area contributed by atoms with E-state index >= 15 is 0 Å². The second-order valence-electron chi connectivity index (χ2n) is 5.61. The van der Waals surface area contributed by atoms with E-state index in [9.17, 15) is 9.90 Å². The van der Waals surface area contributed by atoms with E-state index in [0.29, 0.717) is 10.6 Å². The molecule has 1 unspecified atom stereocenters. The number of nitrogens with zero attached hydrogens (tertiary/aromatic N) is 2. The molecule has 1 atom stereocenters. The van der Waals surface area contributed by atoms with E-state index in [4.69, 9.17) is 11.6 Å². The number of rotatable bonds is 5. The van der Waals surface area contributed by atoms with Crippen LogP contribution in [0.15, 0.2) is 30.3 Å². The number of carbonyl (C=O) groups excluding carboxylic acids is 1. The SMILES string of the molecule is Cc1cc(CC(=O)NCC(C)(O)c2ccccc2Cl)n(C)n1. The Morgan fingerprint density at radius 3 is 2.73 bits per heavy atom. The van der Waals surface area contributed by atoms with Gasteiger partial charge in [0.15, 0.2) is 0 Å². The lowest BCUT2D eigenvalue weighted by atomic mass is 9.96. The van der Waals surface area contributed by atoms with Crippen LogP contribution >= 0.6 is 11.6 Å². The third-order valence-electron chi connectivity index (χ3n) is 3.52. The minimum absolute atomic E-state index is 0.0897. The molecule has 0 aliphatic rings. The van der Waals surface area contributed by atoms with Gasteiger partial charge in [-0.1, -0.05) is 29.8 Å². The van der Waals surface area contributed by atoms with E-state index in [-0.39, 0.29) is 18.9 Å². The summed E-state index contributed by atoms with van der Waals surface area (Å²) in [5.74, 6) is -0.171. The lowest BCUT2D eigenvalue weighted by molar-refractivity contribution is -0.121. The molecule has 2 rings (SSSR count). The van der Waals surface area contributed by atoms with E-state index in [1.165, 1.54) is 0 Å². The first-order valence-corrected chi connectivity index (χ1v) is 7.41. The molecule has 5 nitrogen and oxygen atoms in total. The highest BCUT2D eigenvalue weighted by Gasteiger charge is 2.26. The average molecular weight is 322 g/mol. The maximum Gasteiger partial charge on any atom is 0.226 e. The minimum Gasteiger partial charge on any atom is -0.384 e. The van der Waals surface area contributed by atoms with Crippen molar-refractivity contribution < 1.29 is 9.90 Å². The Kier molecular flexibility index (Phi) is 4.88. The lowest BCUT2D eigenvalue weighted by Crippen LogP contribution is -2.39. The zero-order chi connectivity index (χ0) is 16.3. The van der Waals surface area contributed by atoms with Crippen molar-refractivity contribution in [2.45, 2.75) is 25.9 Å². The second-order valence-corrected chi connectivity index (χ2v) is 6.02. The number of benzene rings is 1. The Labute approximate surface area is 134 Å². The van der Waals surface area contributed by atoms with Crippen molar-refractivity contribution in [2.24, 2.45) is 7.05 Å². The summed E-state index contributed by atoms with van der Waals surface area (Å²) >= 11 is 6.09. The number of nitrogens with one attached hydrogen (secondary N) is 1. The smallest absolute Gasteiger partial charge is 0.226 e. The van der Waals surface area contributed by atoms with E-state index in [0.717, 1.165) is 11.4 Å². The van der Waals surface area contributed by atoms with Gasteiger partial charge in [0.1, 0.15) is 5.60 Å². The largest absolute Gasteiger partial charge is 0.384 e.